The Hall–Kier alpha value is -14.2. The number of pyridine rings is 3. The van der Waals surface area contributed by atoms with Gasteiger partial charge in [-0.2, -0.15) is 0 Å². The summed E-state index contributed by atoms with van der Waals surface area (Å²) in [4.78, 5) is 34.9. The minimum absolute atomic E-state index is 0. The molecule has 6 aromatic heterocycles. The van der Waals surface area contributed by atoms with Crippen LogP contribution in [-0.2, 0) is 60.3 Å². The molecule has 0 fully saturated rings. The van der Waals surface area contributed by atoms with E-state index in [4.69, 9.17) is 34.6 Å². The second-order valence-corrected chi connectivity index (χ2v) is 43.2. The maximum Gasteiger partial charge on any atom is 0.164 e. The molecule has 3 radical (unpaired) electrons. The molecule has 0 bridgehead atoms. The van der Waals surface area contributed by atoms with Crippen LogP contribution in [0.25, 0.3) is 166 Å². The Kier molecular flexibility index (Phi) is 26.0. The first-order valence-corrected chi connectivity index (χ1v) is 52.2. The molecule has 3 aliphatic rings. The summed E-state index contributed by atoms with van der Waals surface area (Å²) >= 11 is 3.71. The van der Waals surface area contributed by atoms with Gasteiger partial charge in [-0.05, 0) is 191 Å². The van der Waals surface area contributed by atoms with Crippen LogP contribution in [0.1, 0.15) is 0 Å². The predicted molar refractivity (Wildman–Crippen MR) is 586 cm³/mol. The van der Waals surface area contributed by atoms with E-state index in [1.807, 2.05) is 103 Å². The second kappa shape index (κ2) is 40.3. The predicted octanol–water partition coefficient (Wildman–Crippen LogP) is 28.5. The second-order valence-electron chi connectivity index (χ2n) is 34.6. The number of aromatic nitrogens is 8. The van der Waals surface area contributed by atoms with Crippen LogP contribution in [0, 0.1) is 18.2 Å². The van der Waals surface area contributed by atoms with Crippen LogP contribution in [0.15, 0.2) is 493 Å². The first-order valence-electron chi connectivity index (χ1n) is 46.6. The van der Waals surface area contributed by atoms with Crippen molar-refractivity contribution in [3.05, 3.63) is 492 Å². The quantitative estimate of drug-likeness (QED) is 0.0875. The van der Waals surface area contributed by atoms with Gasteiger partial charge >= 0.3 is 0 Å². The van der Waals surface area contributed by atoms with Crippen molar-refractivity contribution in [3.8, 4) is 102 Å². The van der Waals surface area contributed by atoms with E-state index in [9.17, 15) is 0 Å². The van der Waals surface area contributed by atoms with E-state index in [0.29, 0.717) is 17.5 Å². The van der Waals surface area contributed by atoms with E-state index in [-0.39, 0.29) is 60.3 Å². The molecule has 0 saturated carbocycles. The number of fused-ring (bicyclic) bond motifs is 15. The van der Waals surface area contributed by atoms with Crippen LogP contribution in [0.4, 0.5) is 0 Å². The minimum atomic E-state index is -1.02. The van der Waals surface area contributed by atoms with Crippen molar-refractivity contribution >= 4 is 171 Å². The van der Waals surface area contributed by atoms with Crippen LogP contribution in [0.3, 0.4) is 0 Å². The molecule has 25 aromatic rings. The van der Waals surface area contributed by atoms with E-state index in [1.54, 1.807) is 0 Å². The van der Waals surface area contributed by atoms with Crippen LogP contribution in [-0.4, -0.2) is 39.0 Å². The van der Waals surface area contributed by atoms with Crippen LogP contribution in [0.5, 0.6) is 11.5 Å². The largest absolute Gasteiger partial charge is 0.456 e. The smallest absolute Gasteiger partial charge is 0.164 e. The molecule has 28 rings (SSSR count). The van der Waals surface area contributed by atoms with Crippen molar-refractivity contribution in [2.45, 2.75) is 19.6 Å². The molecule has 3 aliphatic heterocycles. The van der Waals surface area contributed by atoms with Crippen molar-refractivity contribution in [3.63, 3.8) is 0 Å². The van der Waals surface area contributed by atoms with Gasteiger partial charge in [0.05, 0.1) is 27.6 Å². The number of hydrogen-bond acceptors (Lipinski definition) is 9. The van der Waals surface area contributed by atoms with Crippen LogP contribution in [0.2, 0.25) is 0 Å². The number of para-hydroxylation sites is 5. The van der Waals surface area contributed by atoms with Crippen molar-refractivity contribution < 1.29 is 65.1 Å². The number of ether oxygens (including phenoxy) is 1. The monoisotopic (exact) mass is 2450 g/mol. The summed E-state index contributed by atoms with van der Waals surface area (Å²) in [5.41, 5.74) is 19.0. The summed E-state index contributed by atoms with van der Waals surface area (Å²) in [6.07, 6.45) is 3.79. The summed E-state index contributed by atoms with van der Waals surface area (Å²) in [6.45, 7) is 0. The van der Waals surface area contributed by atoms with Gasteiger partial charge in [-0.25, -0.2) is 15.0 Å². The fraction of sp³-hybridized carbons (Fsp3) is 0. The Bertz CT molecular complexity index is 8830. The Labute approximate surface area is 880 Å². The van der Waals surface area contributed by atoms with Gasteiger partial charge in [-0.3, -0.25) is 4.98 Å². The molecular formula is C126H78Ir3N8OP3S2-3. The third-order valence-corrected chi connectivity index (χ3v) is 36.7. The van der Waals surface area contributed by atoms with E-state index in [2.05, 4.69) is 422 Å². The zero-order chi connectivity index (χ0) is 92.5. The number of benzene rings is 19. The van der Waals surface area contributed by atoms with Gasteiger partial charge in [0.2, 0.25) is 0 Å². The van der Waals surface area contributed by atoms with Gasteiger partial charge in [-0.1, -0.05) is 343 Å². The van der Waals surface area contributed by atoms with Gasteiger partial charge in [0.25, 0.3) is 0 Å². The number of hydrogen-bond donors (Lipinski definition) is 0. The summed E-state index contributed by atoms with van der Waals surface area (Å²) in [5, 5.41) is 22.4. The van der Waals surface area contributed by atoms with Crippen molar-refractivity contribution in [1.29, 1.82) is 0 Å². The van der Waals surface area contributed by atoms with Gasteiger partial charge in [0.15, 0.2) is 17.5 Å². The fourth-order valence-corrected chi connectivity index (χ4v) is 30.3. The standard InChI is InChI=1S/C51H31N3OP.C48H30N4PS.C27H17NPS.3Ir/c1-2-15-38-33(12-1)28-29-52-51(38)34-13-11-14-37(30-34)56-49-26-24-35(53-43-20-7-3-16-39(43)40-17-4-8-21-44(40)53)31-47(49)55-48-32-36(25-27-50(48)56)54-45-22-9-5-18-41(45)42-19-6-10-23-46(42)54;1-4-13-32(14-5-1)36-23-25-41-43(30-36)54-44-31-38(48-51-46(34-16-6-2-7-17-34)50-47(52-48)35-18-8-3-9-19-35)24-26-42(44)53(41)39-21-12-20-37(29-39)45-40-22-11-10-15-33(40)27-28-49-45;1-2-11-22-19(8-1)16-17-23(28-22)20-9-7-10-21(18-20)29-24-12-3-5-14-26(24)30-27-15-6-4-13-25(27)29;;;/h1-12,14-32H;1-19,21-31H;1-8,10-18H;;;/q3*-1;;;. The van der Waals surface area contributed by atoms with E-state index in [1.165, 1.54) is 133 Å². The molecule has 17 heteroatoms. The Morgan fingerprint density at radius 3 is 1.08 bits per heavy atom. The minimum Gasteiger partial charge on any atom is -0.456 e. The Balaban J connectivity index is 0.000000123. The van der Waals surface area contributed by atoms with E-state index >= 15 is 0 Å². The molecule has 0 saturated heterocycles. The molecule has 9 heterocycles. The normalized spacial score (nSPS) is 12.7. The van der Waals surface area contributed by atoms with Crippen LogP contribution >= 0.6 is 47.3 Å². The number of nitrogens with zero attached hydrogens (tertiary/aromatic N) is 8. The molecule has 143 heavy (non-hydrogen) atoms. The Morgan fingerprint density at radius 1 is 0.245 bits per heavy atom. The Morgan fingerprint density at radius 2 is 0.601 bits per heavy atom. The van der Waals surface area contributed by atoms with Crippen LogP contribution < -0.4 is 52.5 Å². The molecule has 0 N–H and O–H groups in total. The molecule has 0 amide bonds. The maximum absolute atomic E-state index is 7.10. The number of rotatable bonds is 12. The van der Waals surface area contributed by atoms with Crippen molar-refractivity contribution in [2.75, 3.05) is 0 Å². The SMILES string of the molecule is [Ir].[Ir].[Ir].[c-]1ccc(P2c3ccc(-c4ccccc4)cc3Sc3cc(-c4nc(-c5ccccc5)nc(-c5ccccc5)n4)ccc32)cc1-c1nccc2ccccc12.[c-]1ccc(P2c3ccc(-n4c5ccccc5c5ccccc54)cc3Oc3cc(-n4c5ccccc5c5ccccc54)ccc32)cc1-c1nccc2ccccc12.[c-]1ccc(P2c3ccccc3Sc3ccccc32)cc1-c1ccc2ccccc2n1. The molecule has 1 atom stereocenters. The third kappa shape index (κ3) is 17.5. The summed E-state index contributed by atoms with van der Waals surface area (Å²) < 4.78 is 11.8. The first kappa shape index (κ1) is 92.5. The average molecular weight is 2450 g/mol. The van der Waals surface area contributed by atoms with E-state index in [0.717, 1.165) is 95.0 Å². The molecule has 685 valence electrons. The van der Waals surface area contributed by atoms with Gasteiger partial charge in [0, 0.05) is 165 Å². The maximum atomic E-state index is 7.10. The third-order valence-electron chi connectivity index (χ3n) is 26.2. The summed E-state index contributed by atoms with van der Waals surface area (Å²) in [7, 11) is -2.54. The molecular weight excluding hydrogens is 2380 g/mol. The molecule has 19 aromatic carbocycles. The first-order chi connectivity index (χ1) is 69.4. The zero-order valence-corrected chi connectivity index (χ0v) is 87.7. The van der Waals surface area contributed by atoms with Gasteiger partial charge in [0.1, 0.15) is 11.5 Å². The topological polar surface area (TPSA) is 96.4 Å². The van der Waals surface area contributed by atoms with Crippen molar-refractivity contribution in [1.82, 2.24) is 39.0 Å². The van der Waals surface area contributed by atoms with Gasteiger partial charge < -0.3 is 23.8 Å². The summed E-state index contributed by atoms with van der Waals surface area (Å²) in [6, 6.07) is 174. The average Bonchev–Trinajstić information content (AvgIpc) is 1.57. The summed E-state index contributed by atoms with van der Waals surface area (Å²) in [5.74, 6) is 3.71. The molecule has 0 spiro atoms. The van der Waals surface area contributed by atoms with Crippen molar-refractivity contribution in [2.24, 2.45) is 0 Å². The molecule has 1 unspecified atom stereocenters. The molecule has 9 nitrogen and oxygen atoms in total. The zero-order valence-electron chi connectivity index (χ0n) is 76.2. The van der Waals surface area contributed by atoms with E-state index < -0.39 is 23.8 Å². The fourth-order valence-electron chi connectivity index (χ4n) is 19.8. The van der Waals surface area contributed by atoms with Gasteiger partial charge in [-0.15, -0.1) is 89.5 Å². The molecule has 0 aliphatic carbocycles.